The van der Waals surface area contributed by atoms with E-state index < -0.39 is 60.8 Å². The van der Waals surface area contributed by atoms with Gasteiger partial charge in [0.05, 0.1) is 19.1 Å². The van der Waals surface area contributed by atoms with E-state index in [1.165, 1.54) is 7.11 Å². The van der Waals surface area contributed by atoms with E-state index >= 15 is 0 Å². The number of hydrogen-bond acceptors (Lipinski definition) is 8. The van der Waals surface area contributed by atoms with Crippen molar-refractivity contribution in [2.75, 3.05) is 13.7 Å². The van der Waals surface area contributed by atoms with Gasteiger partial charge in [0, 0.05) is 6.54 Å². The van der Waals surface area contributed by atoms with Gasteiger partial charge in [-0.3, -0.25) is 14.4 Å². The molecule has 0 unspecified atom stereocenters. The lowest BCUT2D eigenvalue weighted by molar-refractivity contribution is -0.193. The number of piperidine rings is 1. The summed E-state index contributed by atoms with van der Waals surface area (Å²) in [6, 6.07) is 5.64. The summed E-state index contributed by atoms with van der Waals surface area (Å²) < 4.78 is 10.2. The summed E-state index contributed by atoms with van der Waals surface area (Å²) in [4.78, 5) is 39.3. The molecule has 2 amide bonds. The Morgan fingerprint density at radius 1 is 1.03 bits per heavy atom. The Bertz CT molecular complexity index is 812. The molecular formula is C20H26N2O8. The predicted molar refractivity (Wildman–Crippen MR) is 102 cm³/mol. The number of benzene rings is 1. The molecular weight excluding hydrogens is 396 g/mol. The zero-order valence-electron chi connectivity index (χ0n) is 17.0. The van der Waals surface area contributed by atoms with Crippen LogP contribution >= 0.6 is 0 Å². The maximum atomic E-state index is 12.7. The second-order valence-corrected chi connectivity index (χ2v) is 7.73. The first kappa shape index (κ1) is 22.0. The standard InChI is InChI=1S/C20H26N2O8/c1-10(2)20(28)30-9-13-14(23)15(24)16(25)17-21(18(26)19(27)22(13)17)8-11-4-6-12(29-3)7-5-11/h4-7,10,13-17,23-25H,8-9H2,1-3H3/t13-,14-,15+,16+,17+/m1/s1. The Morgan fingerprint density at radius 3 is 2.23 bits per heavy atom. The Kier molecular flexibility index (Phi) is 6.30. The molecule has 2 saturated heterocycles. The molecule has 1 aromatic carbocycles. The molecule has 2 aliphatic rings. The molecule has 10 heteroatoms. The summed E-state index contributed by atoms with van der Waals surface area (Å²) in [5.74, 6) is -2.18. The van der Waals surface area contributed by atoms with Gasteiger partial charge < -0.3 is 34.6 Å². The molecule has 2 aliphatic heterocycles. The van der Waals surface area contributed by atoms with Gasteiger partial charge in [0.25, 0.3) is 0 Å². The number of nitrogens with zero attached hydrogens (tertiary/aromatic N) is 2. The van der Waals surface area contributed by atoms with Crippen LogP contribution in [0.2, 0.25) is 0 Å². The minimum absolute atomic E-state index is 0.00584. The number of fused-ring (bicyclic) bond motifs is 1. The van der Waals surface area contributed by atoms with E-state index in [2.05, 4.69) is 0 Å². The zero-order chi connectivity index (χ0) is 22.2. The van der Waals surface area contributed by atoms with Crippen LogP contribution in [0, 0.1) is 5.92 Å². The number of rotatable bonds is 6. The van der Waals surface area contributed by atoms with Crippen LogP contribution in [-0.2, 0) is 25.7 Å². The lowest BCUT2D eigenvalue weighted by Crippen LogP contribution is -2.68. The first-order valence-electron chi connectivity index (χ1n) is 9.64. The number of ether oxygens (including phenoxy) is 2. The highest BCUT2D eigenvalue weighted by Crippen LogP contribution is 2.33. The van der Waals surface area contributed by atoms with Crippen LogP contribution in [0.1, 0.15) is 19.4 Å². The van der Waals surface area contributed by atoms with Crippen LogP contribution < -0.4 is 4.74 Å². The van der Waals surface area contributed by atoms with Crippen molar-refractivity contribution in [1.82, 2.24) is 9.80 Å². The molecule has 1 aromatic rings. The molecule has 0 aromatic heterocycles. The summed E-state index contributed by atoms with van der Waals surface area (Å²) in [6.45, 7) is 2.84. The minimum atomic E-state index is -1.63. The Labute approximate surface area is 173 Å². The Balaban J connectivity index is 1.86. The fourth-order valence-corrected chi connectivity index (χ4v) is 3.70. The monoisotopic (exact) mass is 422 g/mol. The van der Waals surface area contributed by atoms with Crippen molar-refractivity contribution in [1.29, 1.82) is 0 Å². The van der Waals surface area contributed by atoms with Crippen molar-refractivity contribution in [2.45, 2.75) is 50.9 Å². The van der Waals surface area contributed by atoms with Gasteiger partial charge >= 0.3 is 17.8 Å². The molecule has 164 valence electrons. The van der Waals surface area contributed by atoms with Gasteiger partial charge in [0.1, 0.15) is 36.8 Å². The number of amides is 2. The molecule has 0 radical (unpaired) electrons. The molecule has 0 saturated carbocycles. The molecule has 3 rings (SSSR count). The topological polar surface area (TPSA) is 137 Å². The van der Waals surface area contributed by atoms with Gasteiger partial charge in [-0.2, -0.15) is 0 Å². The van der Waals surface area contributed by atoms with Gasteiger partial charge in [-0.25, -0.2) is 0 Å². The fraction of sp³-hybridized carbons (Fsp3) is 0.550. The third kappa shape index (κ3) is 3.85. The van der Waals surface area contributed by atoms with Gasteiger partial charge in [-0.05, 0) is 17.7 Å². The van der Waals surface area contributed by atoms with E-state index in [-0.39, 0.29) is 6.54 Å². The van der Waals surface area contributed by atoms with E-state index in [0.717, 1.165) is 9.80 Å². The third-order valence-corrected chi connectivity index (χ3v) is 5.42. The van der Waals surface area contributed by atoms with Crippen molar-refractivity contribution < 1.29 is 39.2 Å². The molecule has 2 fully saturated rings. The summed E-state index contributed by atoms with van der Waals surface area (Å²) in [6.07, 6.45) is -6.01. The van der Waals surface area contributed by atoms with E-state index in [1.807, 2.05) is 0 Å². The van der Waals surface area contributed by atoms with Crippen molar-refractivity contribution in [3.8, 4) is 5.75 Å². The summed E-state index contributed by atoms with van der Waals surface area (Å²) in [5.41, 5.74) is 0.675. The number of esters is 1. The number of hydrogen-bond donors (Lipinski definition) is 3. The number of carbonyl (C=O) groups excluding carboxylic acids is 3. The third-order valence-electron chi connectivity index (χ3n) is 5.42. The molecule has 30 heavy (non-hydrogen) atoms. The van der Waals surface area contributed by atoms with E-state index in [1.54, 1.807) is 38.1 Å². The van der Waals surface area contributed by atoms with Gasteiger partial charge in [-0.1, -0.05) is 26.0 Å². The molecule has 3 N–H and O–H groups in total. The molecule has 0 spiro atoms. The highest BCUT2D eigenvalue weighted by Gasteiger charge is 2.59. The highest BCUT2D eigenvalue weighted by atomic mass is 16.5. The molecule has 0 aliphatic carbocycles. The smallest absolute Gasteiger partial charge is 0.314 e. The zero-order valence-corrected chi connectivity index (χ0v) is 17.0. The second kappa shape index (κ2) is 8.58. The van der Waals surface area contributed by atoms with Crippen molar-refractivity contribution in [3.05, 3.63) is 29.8 Å². The molecule has 0 bridgehead atoms. The lowest BCUT2D eigenvalue weighted by Gasteiger charge is -2.46. The largest absolute Gasteiger partial charge is 0.497 e. The number of methoxy groups -OCH3 is 1. The average molecular weight is 422 g/mol. The number of carbonyl (C=O) groups is 3. The maximum absolute atomic E-state index is 12.7. The van der Waals surface area contributed by atoms with Crippen LogP contribution in [0.25, 0.3) is 0 Å². The number of aliphatic hydroxyl groups excluding tert-OH is 3. The molecule has 2 heterocycles. The number of aliphatic hydroxyl groups is 3. The van der Waals surface area contributed by atoms with E-state index in [0.29, 0.717) is 11.3 Å². The summed E-state index contributed by atoms with van der Waals surface area (Å²) in [5, 5.41) is 31.3. The minimum Gasteiger partial charge on any atom is -0.497 e. The van der Waals surface area contributed by atoms with Gasteiger partial charge in [0.15, 0.2) is 0 Å². The first-order valence-corrected chi connectivity index (χ1v) is 9.64. The highest BCUT2D eigenvalue weighted by molar-refractivity contribution is 6.37. The molecule has 5 atom stereocenters. The van der Waals surface area contributed by atoms with Crippen LogP contribution in [-0.4, -0.2) is 87.1 Å². The van der Waals surface area contributed by atoms with Gasteiger partial charge in [0.2, 0.25) is 0 Å². The van der Waals surface area contributed by atoms with Crippen molar-refractivity contribution >= 4 is 17.8 Å². The summed E-state index contributed by atoms with van der Waals surface area (Å²) in [7, 11) is 1.52. The first-order chi connectivity index (χ1) is 14.2. The van der Waals surface area contributed by atoms with Crippen LogP contribution in [0.4, 0.5) is 0 Å². The van der Waals surface area contributed by atoms with Crippen molar-refractivity contribution in [2.24, 2.45) is 5.92 Å². The molecule has 10 nitrogen and oxygen atoms in total. The predicted octanol–water partition coefficient (Wildman–Crippen LogP) is -1.14. The Hall–Kier alpha value is -2.69. The van der Waals surface area contributed by atoms with E-state index in [9.17, 15) is 29.7 Å². The van der Waals surface area contributed by atoms with Crippen LogP contribution in [0.15, 0.2) is 24.3 Å². The van der Waals surface area contributed by atoms with Gasteiger partial charge in [-0.15, -0.1) is 0 Å². The normalized spacial score (nSPS) is 28.7. The fourth-order valence-electron chi connectivity index (χ4n) is 3.70. The Morgan fingerprint density at radius 2 is 1.67 bits per heavy atom. The average Bonchev–Trinajstić information content (AvgIpc) is 2.97. The maximum Gasteiger partial charge on any atom is 0.314 e. The lowest BCUT2D eigenvalue weighted by atomic mass is 9.92. The van der Waals surface area contributed by atoms with Crippen molar-refractivity contribution in [3.63, 3.8) is 0 Å². The van der Waals surface area contributed by atoms with Crippen LogP contribution in [0.3, 0.4) is 0 Å². The SMILES string of the molecule is COc1ccc(CN2C(=O)C(=O)N3[C@H](COC(=O)C(C)C)[C@@H](O)[C@H](O)[C@H](O)[C@@H]23)cc1. The second-order valence-electron chi connectivity index (χ2n) is 7.73. The quantitative estimate of drug-likeness (QED) is 0.386. The van der Waals surface area contributed by atoms with Crippen LogP contribution in [0.5, 0.6) is 5.75 Å². The summed E-state index contributed by atoms with van der Waals surface area (Å²) >= 11 is 0. The van der Waals surface area contributed by atoms with E-state index in [4.69, 9.17) is 9.47 Å².